The predicted octanol–water partition coefficient (Wildman–Crippen LogP) is 2.88. The molecule has 0 aromatic carbocycles. The lowest BCUT2D eigenvalue weighted by Gasteiger charge is -2.18. The molecular formula is C16H20N4O2. The van der Waals surface area contributed by atoms with Crippen LogP contribution in [0.15, 0.2) is 30.7 Å². The van der Waals surface area contributed by atoms with Crippen molar-refractivity contribution in [1.82, 2.24) is 14.8 Å². The predicted molar refractivity (Wildman–Crippen MR) is 84.0 cm³/mol. The fourth-order valence-corrected chi connectivity index (χ4v) is 1.88. The summed E-state index contributed by atoms with van der Waals surface area (Å²) in [7, 11) is 0. The van der Waals surface area contributed by atoms with E-state index in [1.165, 1.54) is 0 Å². The summed E-state index contributed by atoms with van der Waals surface area (Å²) < 4.78 is 1.69. The number of nitrogens with zero attached hydrogens (tertiary/aromatic N) is 3. The van der Waals surface area contributed by atoms with Crippen molar-refractivity contribution in [3.8, 4) is 0 Å². The van der Waals surface area contributed by atoms with Crippen molar-refractivity contribution >= 4 is 17.4 Å². The fourth-order valence-electron chi connectivity index (χ4n) is 1.88. The second-order valence-electron chi connectivity index (χ2n) is 5.97. The van der Waals surface area contributed by atoms with Crippen molar-refractivity contribution in [1.29, 1.82) is 0 Å². The Kier molecular flexibility index (Phi) is 4.40. The Morgan fingerprint density at radius 3 is 2.41 bits per heavy atom. The third kappa shape index (κ3) is 3.39. The van der Waals surface area contributed by atoms with Gasteiger partial charge < -0.3 is 5.32 Å². The van der Waals surface area contributed by atoms with E-state index in [0.29, 0.717) is 23.4 Å². The quantitative estimate of drug-likeness (QED) is 0.881. The maximum Gasteiger partial charge on any atom is 0.255 e. The van der Waals surface area contributed by atoms with E-state index in [9.17, 15) is 9.59 Å². The van der Waals surface area contributed by atoms with Gasteiger partial charge in [0.2, 0.25) is 0 Å². The van der Waals surface area contributed by atoms with E-state index in [1.54, 1.807) is 42.3 Å². The molecule has 0 spiro atoms. The molecule has 0 aliphatic heterocycles. The Morgan fingerprint density at radius 1 is 1.23 bits per heavy atom. The summed E-state index contributed by atoms with van der Waals surface area (Å²) in [6.07, 6.45) is 5.12. The van der Waals surface area contributed by atoms with Gasteiger partial charge in [-0.05, 0) is 32.9 Å². The zero-order chi connectivity index (χ0) is 16.3. The molecule has 116 valence electrons. The number of hydrogen-bond donors (Lipinski definition) is 1. The van der Waals surface area contributed by atoms with Gasteiger partial charge in [-0.3, -0.25) is 19.3 Å². The van der Waals surface area contributed by atoms with E-state index in [0.717, 1.165) is 0 Å². The number of Topliss-reactive ketones (excluding diaryl/α,β-unsaturated/α-hetero) is 1. The molecule has 6 heteroatoms. The number of ketones is 1. The topological polar surface area (TPSA) is 76.9 Å². The molecule has 1 amide bonds. The molecule has 2 aromatic rings. The van der Waals surface area contributed by atoms with Crippen LogP contribution in [0.25, 0.3) is 0 Å². The van der Waals surface area contributed by atoms with Gasteiger partial charge in [-0.25, -0.2) is 0 Å². The highest BCUT2D eigenvalue weighted by Gasteiger charge is 2.22. The third-order valence-corrected chi connectivity index (χ3v) is 3.18. The summed E-state index contributed by atoms with van der Waals surface area (Å²) in [4.78, 5) is 28.2. The molecule has 0 aliphatic rings. The van der Waals surface area contributed by atoms with Crippen LogP contribution in [0.3, 0.4) is 0 Å². The van der Waals surface area contributed by atoms with Crippen LogP contribution < -0.4 is 5.32 Å². The Balaban J connectivity index is 2.35. The molecule has 0 atom stereocenters. The Hall–Kier alpha value is -2.50. The molecule has 0 bridgehead atoms. The standard InChI is InChI=1S/C16H20N4O2/c1-5-13(21)14-12(10-20(19-14)16(2,3)4)18-15(22)11-6-8-17-9-7-11/h6-10H,5H2,1-4H3,(H,18,22). The lowest BCUT2D eigenvalue weighted by Crippen LogP contribution is -2.22. The minimum Gasteiger partial charge on any atom is -0.319 e. The highest BCUT2D eigenvalue weighted by molar-refractivity contribution is 6.08. The van der Waals surface area contributed by atoms with E-state index in [-0.39, 0.29) is 17.2 Å². The molecule has 6 nitrogen and oxygen atoms in total. The summed E-state index contributed by atoms with van der Waals surface area (Å²) in [5, 5.41) is 7.10. The molecule has 0 unspecified atom stereocenters. The van der Waals surface area contributed by atoms with Crippen molar-refractivity contribution in [3.63, 3.8) is 0 Å². The first-order chi connectivity index (χ1) is 10.3. The second kappa shape index (κ2) is 6.09. The number of amides is 1. The van der Waals surface area contributed by atoms with Gasteiger partial charge in [0.25, 0.3) is 5.91 Å². The third-order valence-electron chi connectivity index (χ3n) is 3.18. The number of aromatic nitrogens is 3. The monoisotopic (exact) mass is 300 g/mol. The number of pyridine rings is 1. The van der Waals surface area contributed by atoms with Gasteiger partial charge in [-0.2, -0.15) is 5.10 Å². The number of rotatable bonds is 4. The summed E-state index contributed by atoms with van der Waals surface area (Å²) in [6.45, 7) is 7.71. The Morgan fingerprint density at radius 2 is 1.86 bits per heavy atom. The average Bonchev–Trinajstić information content (AvgIpc) is 2.91. The fraction of sp³-hybridized carbons (Fsp3) is 0.375. The summed E-state index contributed by atoms with van der Waals surface area (Å²) in [5.41, 5.74) is 0.930. The molecule has 0 saturated carbocycles. The van der Waals surface area contributed by atoms with Crippen molar-refractivity contribution in [2.75, 3.05) is 5.32 Å². The minimum absolute atomic E-state index is 0.104. The van der Waals surface area contributed by atoms with Gasteiger partial charge in [-0.15, -0.1) is 0 Å². The van der Waals surface area contributed by atoms with E-state index in [1.807, 2.05) is 20.8 Å². The lowest BCUT2D eigenvalue weighted by atomic mass is 10.1. The van der Waals surface area contributed by atoms with Crippen LogP contribution in [0, 0.1) is 0 Å². The van der Waals surface area contributed by atoms with Crippen LogP contribution in [0.5, 0.6) is 0 Å². The number of anilines is 1. The minimum atomic E-state index is -0.291. The number of carbonyl (C=O) groups is 2. The zero-order valence-electron chi connectivity index (χ0n) is 13.3. The molecular weight excluding hydrogens is 280 g/mol. The van der Waals surface area contributed by atoms with Gasteiger partial charge in [0.1, 0.15) is 0 Å². The van der Waals surface area contributed by atoms with Gasteiger partial charge in [0, 0.05) is 30.6 Å². The normalized spacial score (nSPS) is 11.3. The first kappa shape index (κ1) is 15.9. The van der Waals surface area contributed by atoms with Crippen LogP contribution in [-0.2, 0) is 5.54 Å². The highest BCUT2D eigenvalue weighted by Crippen LogP contribution is 2.22. The smallest absolute Gasteiger partial charge is 0.255 e. The average molecular weight is 300 g/mol. The van der Waals surface area contributed by atoms with Crippen molar-refractivity contribution in [2.24, 2.45) is 0 Å². The molecule has 0 radical (unpaired) electrons. The van der Waals surface area contributed by atoms with Crippen molar-refractivity contribution < 1.29 is 9.59 Å². The van der Waals surface area contributed by atoms with E-state index in [4.69, 9.17) is 0 Å². The van der Waals surface area contributed by atoms with Crippen molar-refractivity contribution in [2.45, 2.75) is 39.7 Å². The van der Waals surface area contributed by atoms with E-state index >= 15 is 0 Å². The van der Waals surface area contributed by atoms with Crippen LogP contribution in [0.2, 0.25) is 0 Å². The maximum atomic E-state index is 12.2. The molecule has 0 saturated heterocycles. The molecule has 2 aromatic heterocycles. The van der Waals surface area contributed by atoms with Crippen LogP contribution in [0.4, 0.5) is 5.69 Å². The molecule has 22 heavy (non-hydrogen) atoms. The first-order valence-electron chi connectivity index (χ1n) is 7.17. The molecule has 0 aliphatic carbocycles. The Bertz CT molecular complexity index is 684. The summed E-state index contributed by atoms with van der Waals surface area (Å²) >= 11 is 0. The van der Waals surface area contributed by atoms with Crippen molar-refractivity contribution in [3.05, 3.63) is 42.0 Å². The van der Waals surface area contributed by atoms with Gasteiger partial charge in [-0.1, -0.05) is 6.92 Å². The molecule has 2 rings (SSSR count). The lowest BCUT2D eigenvalue weighted by molar-refractivity contribution is 0.0982. The summed E-state index contributed by atoms with van der Waals surface area (Å²) in [5.74, 6) is -0.394. The SMILES string of the molecule is CCC(=O)c1nn(C(C)(C)C)cc1NC(=O)c1ccncc1. The first-order valence-corrected chi connectivity index (χ1v) is 7.17. The molecule has 1 N–H and O–H groups in total. The maximum absolute atomic E-state index is 12.2. The van der Waals surface area contributed by atoms with Gasteiger partial charge in [0.05, 0.1) is 11.2 Å². The summed E-state index contributed by atoms with van der Waals surface area (Å²) in [6, 6.07) is 3.23. The highest BCUT2D eigenvalue weighted by atomic mass is 16.2. The number of nitrogens with one attached hydrogen (secondary N) is 1. The second-order valence-corrected chi connectivity index (χ2v) is 5.97. The van der Waals surface area contributed by atoms with Crippen LogP contribution in [0.1, 0.15) is 55.0 Å². The van der Waals surface area contributed by atoms with Crippen LogP contribution in [-0.4, -0.2) is 26.5 Å². The van der Waals surface area contributed by atoms with E-state index < -0.39 is 0 Å². The van der Waals surface area contributed by atoms with Gasteiger partial charge >= 0.3 is 0 Å². The number of carbonyl (C=O) groups excluding carboxylic acids is 2. The van der Waals surface area contributed by atoms with Gasteiger partial charge in [0.15, 0.2) is 11.5 Å². The molecule has 0 fully saturated rings. The molecule has 2 heterocycles. The Labute approximate surface area is 129 Å². The zero-order valence-corrected chi connectivity index (χ0v) is 13.3. The number of hydrogen-bond acceptors (Lipinski definition) is 4. The van der Waals surface area contributed by atoms with Crippen LogP contribution >= 0.6 is 0 Å². The van der Waals surface area contributed by atoms with E-state index in [2.05, 4.69) is 15.4 Å². The largest absolute Gasteiger partial charge is 0.319 e.